The van der Waals surface area contributed by atoms with Crippen molar-refractivity contribution in [3.05, 3.63) is 22.1 Å². The fourth-order valence-electron chi connectivity index (χ4n) is 0.852. The molecule has 0 fully saturated rings. The van der Waals surface area contributed by atoms with Crippen LogP contribution in [0.2, 0.25) is 0 Å². The molecule has 0 bridgehead atoms. The quantitative estimate of drug-likeness (QED) is 0.570. The highest BCUT2D eigenvalue weighted by Crippen LogP contribution is 2.10. The van der Waals surface area contributed by atoms with Crippen LogP contribution in [0.4, 0.5) is 0 Å². The molecule has 2 heterocycles. The molecule has 0 aliphatic carbocycles. The van der Waals surface area contributed by atoms with Crippen molar-refractivity contribution in [1.29, 1.82) is 0 Å². The Morgan fingerprint density at radius 2 is 2.45 bits per heavy atom. The average Bonchev–Trinajstić information content (AvgIpc) is 2.45. The number of hydrogen-bond acceptors (Lipinski definition) is 4. The molecule has 0 N–H and O–H groups in total. The van der Waals surface area contributed by atoms with E-state index in [1.54, 1.807) is 18.8 Å². The van der Waals surface area contributed by atoms with E-state index in [4.69, 9.17) is 0 Å². The monoisotopic (exact) mass is 167 g/mol. The van der Waals surface area contributed by atoms with E-state index in [-0.39, 0.29) is 5.56 Å². The molecule has 56 valence electrons. The van der Waals surface area contributed by atoms with E-state index in [1.807, 2.05) is 0 Å². The molecule has 2 aromatic rings. The maximum atomic E-state index is 11.2. The first-order valence-electron chi connectivity index (χ1n) is 3.04. The first-order valence-corrected chi connectivity index (χ1v) is 3.92. The number of nitrogens with zero attached hydrogens (tertiary/aromatic N) is 3. The number of aryl methyl sites for hydroxylation is 1. The van der Waals surface area contributed by atoms with Crippen molar-refractivity contribution in [2.45, 2.75) is 0 Å². The summed E-state index contributed by atoms with van der Waals surface area (Å²) >= 11 is 1.42. The summed E-state index contributed by atoms with van der Waals surface area (Å²) in [5.41, 5.74) is 2.02. The third-order valence-electron chi connectivity index (χ3n) is 1.44. The fraction of sp³-hybridized carbons (Fsp3) is 0.167. The summed E-state index contributed by atoms with van der Waals surface area (Å²) in [4.78, 5) is 15.2. The van der Waals surface area contributed by atoms with Gasteiger partial charge in [-0.1, -0.05) is 0 Å². The minimum absolute atomic E-state index is 0.135. The van der Waals surface area contributed by atoms with Gasteiger partial charge >= 0.3 is 0 Å². The van der Waals surface area contributed by atoms with E-state index >= 15 is 0 Å². The van der Waals surface area contributed by atoms with Crippen LogP contribution in [-0.4, -0.2) is 14.8 Å². The molecule has 0 aromatic carbocycles. The second-order valence-electron chi connectivity index (χ2n) is 2.14. The van der Waals surface area contributed by atoms with Crippen LogP contribution in [0.1, 0.15) is 0 Å². The number of aromatic nitrogens is 3. The molecule has 0 saturated heterocycles. The maximum absolute atomic E-state index is 11.2. The first kappa shape index (κ1) is 6.48. The van der Waals surface area contributed by atoms with Crippen molar-refractivity contribution >= 4 is 21.6 Å². The van der Waals surface area contributed by atoms with Gasteiger partial charge in [-0.2, -0.15) is 5.10 Å². The average molecular weight is 167 g/mol. The highest BCUT2D eigenvalue weighted by molar-refractivity contribution is 7.16. The van der Waals surface area contributed by atoms with Crippen molar-refractivity contribution in [2.75, 3.05) is 0 Å². The van der Waals surface area contributed by atoms with E-state index < -0.39 is 0 Å². The van der Waals surface area contributed by atoms with Gasteiger partial charge in [0.1, 0.15) is 5.52 Å². The summed E-state index contributed by atoms with van der Waals surface area (Å²) in [6.45, 7) is 0. The SMILES string of the molecule is Cn1ncc2scnc2c1=O. The van der Waals surface area contributed by atoms with Crippen LogP contribution in [0.25, 0.3) is 10.2 Å². The molecule has 11 heavy (non-hydrogen) atoms. The number of fused-ring (bicyclic) bond motifs is 1. The Bertz CT molecular complexity index is 444. The van der Waals surface area contributed by atoms with Crippen LogP contribution in [-0.2, 0) is 7.05 Å². The topological polar surface area (TPSA) is 47.8 Å². The molecule has 0 aliphatic rings. The summed E-state index contributed by atoms with van der Waals surface area (Å²) in [5.74, 6) is 0. The first-order chi connectivity index (χ1) is 5.29. The molecule has 0 saturated carbocycles. The van der Waals surface area contributed by atoms with Gasteiger partial charge in [-0.05, 0) is 0 Å². The Kier molecular flexibility index (Phi) is 1.25. The Morgan fingerprint density at radius 3 is 3.27 bits per heavy atom. The second-order valence-corrected chi connectivity index (χ2v) is 3.02. The summed E-state index contributed by atoms with van der Waals surface area (Å²) in [6.07, 6.45) is 1.65. The predicted molar refractivity (Wildman–Crippen MR) is 42.7 cm³/mol. The van der Waals surface area contributed by atoms with Crippen LogP contribution < -0.4 is 5.56 Å². The molecule has 4 nitrogen and oxygen atoms in total. The lowest BCUT2D eigenvalue weighted by Crippen LogP contribution is -2.18. The Hall–Kier alpha value is -1.23. The normalized spacial score (nSPS) is 10.6. The summed E-state index contributed by atoms with van der Waals surface area (Å²) in [7, 11) is 1.61. The van der Waals surface area contributed by atoms with E-state index in [0.717, 1.165) is 4.70 Å². The summed E-state index contributed by atoms with van der Waals surface area (Å²) in [6, 6.07) is 0. The zero-order valence-corrected chi connectivity index (χ0v) is 6.63. The van der Waals surface area contributed by atoms with Gasteiger partial charge in [-0.15, -0.1) is 11.3 Å². The van der Waals surface area contributed by atoms with Gasteiger partial charge in [-0.25, -0.2) is 9.67 Å². The van der Waals surface area contributed by atoms with Gasteiger partial charge in [-0.3, -0.25) is 4.79 Å². The van der Waals surface area contributed by atoms with Crippen LogP contribution in [0.3, 0.4) is 0 Å². The van der Waals surface area contributed by atoms with Crippen molar-refractivity contribution in [3.8, 4) is 0 Å². The third-order valence-corrected chi connectivity index (χ3v) is 2.20. The Labute approximate surface area is 66.1 Å². The van der Waals surface area contributed by atoms with Crippen molar-refractivity contribution in [3.63, 3.8) is 0 Å². The fourth-order valence-corrected chi connectivity index (χ4v) is 1.48. The molecule has 2 aromatic heterocycles. The van der Waals surface area contributed by atoms with Gasteiger partial charge in [0.2, 0.25) is 0 Å². The maximum Gasteiger partial charge on any atom is 0.293 e. The predicted octanol–water partition coefficient (Wildman–Crippen LogP) is 0.390. The minimum atomic E-state index is -0.135. The van der Waals surface area contributed by atoms with Crippen molar-refractivity contribution in [1.82, 2.24) is 14.8 Å². The molecule has 0 unspecified atom stereocenters. The van der Waals surface area contributed by atoms with Gasteiger partial charge in [0.15, 0.2) is 0 Å². The second kappa shape index (κ2) is 2.13. The lowest BCUT2D eigenvalue weighted by atomic mass is 10.5. The highest BCUT2D eigenvalue weighted by Gasteiger charge is 2.01. The van der Waals surface area contributed by atoms with Crippen LogP contribution in [0.15, 0.2) is 16.5 Å². The molecule has 5 heteroatoms. The van der Waals surface area contributed by atoms with Crippen molar-refractivity contribution < 1.29 is 0 Å². The minimum Gasteiger partial charge on any atom is -0.265 e. The Morgan fingerprint density at radius 1 is 1.64 bits per heavy atom. The lowest BCUT2D eigenvalue weighted by Gasteiger charge is -1.91. The largest absolute Gasteiger partial charge is 0.293 e. The van der Waals surface area contributed by atoms with Gasteiger partial charge < -0.3 is 0 Å². The third kappa shape index (κ3) is 0.848. The molecule has 2 rings (SSSR count). The number of rotatable bonds is 0. The number of thiazole rings is 1. The van der Waals surface area contributed by atoms with E-state index in [1.165, 1.54) is 16.0 Å². The smallest absolute Gasteiger partial charge is 0.265 e. The molecule has 0 radical (unpaired) electrons. The molecule has 0 amide bonds. The highest BCUT2D eigenvalue weighted by atomic mass is 32.1. The molecule has 0 aliphatic heterocycles. The molecule has 0 spiro atoms. The van der Waals surface area contributed by atoms with Gasteiger partial charge in [0, 0.05) is 7.05 Å². The molecule has 0 atom stereocenters. The summed E-state index contributed by atoms with van der Waals surface area (Å²) < 4.78 is 2.12. The Balaban J connectivity index is 3.05. The lowest BCUT2D eigenvalue weighted by molar-refractivity contribution is 0.717. The van der Waals surface area contributed by atoms with Crippen LogP contribution in [0.5, 0.6) is 0 Å². The van der Waals surface area contributed by atoms with Gasteiger partial charge in [0.05, 0.1) is 16.4 Å². The van der Waals surface area contributed by atoms with Crippen LogP contribution in [0, 0.1) is 0 Å². The zero-order valence-electron chi connectivity index (χ0n) is 5.81. The van der Waals surface area contributed by atoms with E-state index in [2.05, 4.69) is 10.1 Å². The number of hydrogen-bond donors (Lipinski definition) is 0. The molecular formula is C6H5N3OS. The van der Waals surface area contributed by atoms with Crippen molar-refractivity contribution in [2.24, 2.45) is 7.05 Å². The van der Waals surface area contributed by atoms with E-state index in [0.29, 0.717) is 5.52 Å². The molecular weight excluding hydrogens is 162 g/mol. The van der Waals surface area contributed by atoms with Crippen LogP contribution >= 0.6 is 11.3 Å². The standard InChI is InChI=1S/C6H5N3OS/c1-9-6(10)5-4(2-8-9)11-3-7-5/h2-3H,1H3. The van der Waals surface area contributed by atoms with Gasteiger partial charge in [0.25, 0.3) is 5.56 Å². The zero-order chi connectivity index (χ0) is 7.84. The summed E-state index contributed by atoms with van der Waals surface area (Å²) in [5, 5.41) is 3.85. The van der Waals surface area contributed by atoms with E-state index in [9.17, 15) is 4.79 Å².